The van der Waals surface area contributed by atoms with Crippen LogP contribution in [0, 0.1) is 0 Å². The lowest BCUT2D eigenvalue weighted by Crippen LogP contribution is -2.13. The molecule has 0 unspecified atom stereocenters. The number of ether oxygens (including phenoxy) is 4. The van der Waals surface area contributed by atoms with Crippen molar-refractivity contribution >= 4 is 33.9 Å². The lowest BCUT2D eigenvalue weighted by Gasteiger charge is -2.16. The van der Waals surface area contributed by atoms with Crippen LogP contribution in [-0.4, -0.2) is 25.5 Å². The number of benzene rings is 3. The summed E-state index contributed by atoms with van der Waals surface area (Å²) >= 11 is 0. The van der Waals surface area contributed by atoms with Crippen LogP contribution in [0.5, 0.6) is 11.5 Å². The van der Waals surface area contributed by atoms with E-state index in [2.05, 4.69) is 20.8 Å². The second kappa shape index (κ2) is 17.0. The zero-order valence-corrected chi connectivity index (χ0v) is 24.1. The van der Waals surface area contributed by atoms with Gasteiger partial charge in [-0.15, -0.1) is 0 Å². The lowest BCUT2D eigenvalue weighted by molar-refractivity contribution is 0.109. The molecule has 0 spiro atoms. The number of aryl methyl sites for hydroxylation is 1. The largest absolute Gasteiger partial charge is 0.514 e. The summed E-state index contributed by atoms with van der Waals surface area (Å²) < 4.78 is 22.2. The number of carbonyl (C=O) groups excluding carboxylic acids is 2. The number of fused-ring (bicyclic) bond motifs is 2. The Hall–Kier alpha value is -3.80. The quantitative estimate of drug-likeness (QED) is 0.0621. The van der Waals surface area contributed by atoms with Gasteiger partial charge in [-0.3, -0.25) is 0 Å². The smallest absolute Gasteiger partial charge is 0.430 e. The van der Waals surface area contributed by atoms with E-state index in [4.69, 9.17) is 18.9 Å². The van der Waals surface area contributed by atoms with Gasteiger partial charge in [0.2, 0.25) is 0 Å². The third-order valence-corrected chi connectivity index (χ3v) is 6.65. The van der Waals surface area contributed by atoms with Crippen LogP contribution in [0.4, 0.5) is 9.59 Å². The van der Waals surface area contributed by atoms with E-state index in [0.717, 1.165) is 37.7 Å². The molecular formula is C34H42O6. The van der Waals surface area contributed by atoms with E-state index in [1.165, 1.54) is 25.7 Å². The average Bonchev–Trinajstić information content (AvgIpc) is 2.97. The highest BCUT2D eigenvalue weighted by atomic mass is 16.7. The fourth-order valence-electron chi connectivity index (χ4n) is 4.44. The van der Waals surface area contributed by atoms with Crippen molar-refractivity contribution in [2.45, 2.75) is 78.6 Å². The zero-order valence-electron chi connectivity index (χ0n) is 24.1. The zero-order chi connectivity index (χ0) is 28.6. The second-order valence-electron chi connectivity index (χ2n) is 9.70. The van der Waals surface area contributed by atoms with Gasteiger partial charge in [0.1, 0.15) is 24.7 Å². The molecule has 40 heavy (non-hydrogen) atoms. The second-order valence-corrected chi connectivity index (χ2v) is 9.70. The van der Waals surface area contributed by atoms with Crippen LogP contribution < -0.4 is 9.47 Å². The van der Waals surface area contributed by atoms with Crippen LogP contribution in [0.3, 0.4) is 0 Å². The minimum atomic E-state index is -0.789. The van der Waals surface area contributed by atoms with Crippen LogP contribution in [0.2, 0.25) is 0 Å². The number of hydrogen-bond donors (Lipinski definition) is 0. The molecule has 0 aliphatic heterocycles. The van der Waals surface area contributed by atoms with Gasteiger partial charge in [-0.2, -0.15) is 0 Å². The highest BCUT2D eigenvalue weighted by Crippen LogP contribution is 2.43. The van der Waals surface area contributed by atoms with Crippen LogP contribution in [0.25, 0.3) is 21.5 Å². The summed E-state index contributed by atoms with van der Waals surface area (Å²) in [5.74, 6) is 0.731. The molecule has 0 aliphatic carbocycles. The van der Waals surface area contributed by atoms with Crippen molar-refractivity contribution in [3.63, 3.8) is 0 Å². The maximum atomic E-state index is 12.7. The number of rotatable bonds is 15. The van der Waals surface area contributed by atoms with Crippen molar-refractivity contribution in [1.82, 2.24) is 0 Å². The average molecular weight is 547 g/mol. The highest BCUT2D eigenvalue weighted by Gasteiger charge is 2.21. The van der Waals surface area contributed by atoms with E-state index in [1.54, 1.807) is 0 Å². The standard InChI is InChI=1S/C34H42O6/c1-4-7-9-11-13-17-23-37-33(35)39-31-27-19-15-16-20-28(27)32(30-25-26(6-3)21-22-29(30)31)40-34(36)38-24-18-14-12-10-8-5-2/h13-22,25H,4-12,23-24H2,1-3H3/b17-13+,18-14+. The van der Waals surface area contributed by atoms with E-state index < -0.39 is 12.3 Å². The van der Waals surface area contributed by atoms with Crippen LogP contribution >= 0.6 is 0 Å². The maximum absolute atomic E-state index is 12.7. The molecule has 0 aromatic heterocycles. The van der Waals surface area contributed by atoms with Crippen LogP contribution in [0.15, 0.2) is 66.8 Å². The summed E-state index contributed by atoms with van der Waals surface area (Å²) in [4.78, 5) is 25.4. The molecular weight excluding hydrogens is 504 g/mol. The Bertz CT molecular complexity index is 1310. The van der Waals surface area contributed by atoms with Gasteiger partial charge in [-0.1, -0.05) is 107 Å². The molecule has 6 nitrogen and oxygen atoms in total. The molecule has 0 saturated heterocycles. The summed E-state index contributed by atoms with van der Waals surface area (Å²) in [6, 6.07) is 13.2. The SMILES string of the molecule is CCCCC/C=C/COC(=O)Oc1c2ccccc2c(OC(=O)OC/C=C/CCCCC)c2cc(CC)ccc12. The predicted octanol–water partition coefficient (Wildman–Crippen LogP) is 9.86. The molecule has 6 heteroatoms. The summed E-state index contributed by atoms with van der Waals surface area (Å²) in [6.45, 7) is 6.66. The first-order valence-electron chi connectivity index (χ1n) is 14.6. The first-order valence-corrected chi connectivity index (χ1v) is 14.6. The number of carbonyl (C=O) groups is 2. The minimum Gasteiger partial charge on any atom is -0.430 e. The maximum Gasteiger partial charge on any atom is 0.514 e. The van der Waals surface area contributed by atoms with Crippen molar-refractivity contribution in [2.75, 3.05) is 13.2 Å². The monoisotopic (exact) mass is 546 g/mol. The summed E-state index contributed by atoms with van der Waals surface area (Å²) in [6.07, 6.45) is 15.8. The summed E-state index contributed by atoms with van der Waals surface area (Å²) in [7, 11) is 0. The molecule has 3 rings (SSSR count). The van der Waals surface area contributed by atoms with Crippen molar-refractivity contribution in [2.24, 2.45) is 0 Å². The Labute approximate surface area is 237 Å². The Morgan fingerprint density at radius 2 is 1.12 bits per heavy atom. The van der Waals surface area contributed by atoms with Crippen LogP contribution in [0.1, 0.15) is 77.7 Å². The fourth-order valence-corrected chi connectivity index (χ4v) is 4.44. The molecule has 0 saturated carbocycles. The Kier molecular flexibility index (Phi) is 13.1. The molecule has 0 amide bonds. The molecule has 0 fully saturated rings. The van der Waals surface area contributed by atoms with Crippen molar-refractivity contribution in [3.8, 4) is 11.5 Å². The molecule has 3 aromatic carbocycles. The van der Waals surface area contributed by atoms with Gasteiger partial charge >= 0.3 is 12.3 Å². The molecule has 3 aromatic rings. The van der Waals surface area contributed by atoms with Crippen molar-refractivity contribution in [1.29, 1.82) is 0 Å². The highest BCUT2D eigenvalue weighted by molar-refractivity contribution is 6.12. The molecule has 0 atom stereocenters. The van der Waals surface area contributed by atoms with Gasteiger partial charge in [0.05, 0.1) is 0 Å². The molecule has 214 valence electrons. The Morgan fingerprint density at radius 1 is 0.625 bits per heavy atom. The minimum absolute atomic E-state index is 0.140. The molecule has 0 bridgehead atoms. The fraction of sp³-hybridized carbons (Fsp3) is 0.412. The van der Waals surface area contributed by atoms with Crippen molar-refractivity contribution < 1.29 is 28.5 Å². The third-order valence-electron chi connectivity index (χ3n) is 6.65. The first-order chi connectivity index (χ1) is 19.6. The van der Waals surface area contributed by atoms with Gasteiger partial charge in [-0.25, -0.2) is 9.59 Å². The Morgan fingerprint density at radius 3 is 1.62 bits per heavy atom. The van der Waals surface area contributed by atoms with E-state index in [0.29, 0.717) is 33.0 Å². The molecule has 0 radical (unpaired) electrons. The first kappa shape index (κ1) is 30.7. The van der Waals surface area contributed by atoms with Gasteiger partial charge in [0, 0.05) is 21.5 Å². The van der Waals surface area contributed by atoms with Gasteiger partial charge < -0.3 is 18.9 Å². The topological polar surface area (TPSA) is 71.1 Å². The number of unbranched alkanes of at least 4 members (excludes halogenated alkanes) is 6. The molecule has 0 heterocycles. The van der Waals surface area contributed by atoms with Gasteiger partial charge in [0.25, 0.3) is 0 Å². The summed E-state index contributed by atoms with van der Waals surface area (Å²) in [5.41, 5.74) is 1.05. The van der Waals surface area contributed by atoms with E-state index >= 15 is 0 Å². The van der Waals surface area contributed by atoms with E-state index in [-0.39, 0.29) is 13.2 Å². The van der Waals surface area contributed by atoms with Gasteiger partial charge in [-0.05, 0) is 43.7 Å². The Balaban J connectivity index is 1.82. The summed E-state index contributed by atoms with van der Waals surface area (Å²) in [5, 5.41) is 2.56. The van der Waals surface area contributed by atoms with Gasteiger partial charge in [0.15, 0.2) is 0 Å². The molecule has 0 aliphatic rings. The van der Waals surface area contributed by atoms with E-state index in [1.807, 2.05) is 66.8 Å². The van der Waals surface area contributed by atoms with Crippen LogP contribution in [-0.2, 0) is 15.9 Å². The molecule has 0 N–H and O–H groups in total. The third kappa shape index (κ3) is 9.15. The number of hydrogen-bond acceptors (Lipinski definition) is 6. The van der Waals surface area contributed by atoms with Crippen molar-refractivity contribution in [3.05, 3.63) is 72.3 Å². The lowest BCUT2D eigenvalue weighted by atomic mass is 9.98. The predicted molar refractivity (Wildman–Crippen MR) is 161 cm³/mol. The normalized spacial score (nSPS) is 11.5. The number of allylic oxidation sites excluding steroid dienone is 2. The van der Waals surface area contributed by atoms with E-state index in [9.17, 15) is 9.59 Å².